The molecule has 0 bridgehead atoms. The van der Waals surface area contributed by atoms with Crippen molar-refractivity contribution in [2.24, 2.45) is 0 Å². The molecule has 1 aliphatic rings. The summed E-state index contributed by atoms with van der Waals surface area (Å²) >= 11 is 1.25. The Bertz CT molecular complexity index is 746. The summed E-state index contributed by atoms with van der Waals surface area (Å²) in [5.41, 5.74) is 0.254. The molecule has 3 heterocycles. The average Bonchev–Trinajstić information content (AvgIpc) is 3.03. The van der Waals surface area contributed by atoms with Crippen LogP contribution in [0.5, 0.6) is 11.6 Å². The zero-order valence-corrected chi connectivity index (χ0v) is 12.8. The molecule has 8 nitrogen and oxygen atoms in total. The maximum atomic E-state index is 12.1. The number of carboxylic acid groups (broad SMARTS) is 1. The highest BCUT2D eigenvalue weighted by Crippen LogP contribution is 2.27. The SMILES string of the molecule is O=C(O)c1csc(CCNC(=O)c2ccc3c(n2)OCCO3)n1. The predicted octanol–water partition coefficient (Wildman–Crippen LogP) is 0.980. The number of thiazole rings is 1. The van der Waals surface area contributed by atoms with Gasteiger partial charge in [-0.3, -0.25) is 4.79 Å². The Morgan fingerprint density at radius 2 is 2.04 bits per heavy atom. The zero-order chi connectivity index (χ0) is 16.2. The summed E-state index contributed by atoms with van der Waals surface area (Å²) in [6, 6.07) is 3.21. The van der Waals surface area contributed by atoms with Gasteiger partial charge in [0.25, 0.3) is 11.8 Å². The Morgan fingerprint density at radius 3 is 2.83 bits per heavy atom. The van der Waals surface area contributed by atoms with E-state index >= 15 is 0 Å². The fourth-order valence-corrected chi connectivity index (χ4v) is 2.73. The van der Waals surface area contributed by atoms with Crippen molar-refractivity contribution >= 4 is 23.2 Å². The van der Waals surface area contributed by atoms with Gasteiger partial charge >= 0.3 is 5.97 Å². The highest BCUT2D eigenvalue weighted by atomic mass is 32.1. The number of carboxylic acids is 1. The Kier molecular flexibility index (Phi) is 4.38. The van der Waals surface area contributed by atoms with Gasteiger partial charge in [-0.25, -0.2) is 14.8 Å². The molecular weight excluding hydrogens is 322 g/mol. The monoisotopic (exact) mass is 335 g/mol. The number of nitrogens with zero attached hydrogens (tertiary/aromatic N) is 2. The van der Waals surface area contributed by atoms with E-state index in [1.54, 1.807) is 12.1 Å². The second kappa shape index (κ2) is 6.61. The van der Waals surface area contributed by atoms with Crippen LogP contribution < -0.4 is 14.8 Å². The van der Waals surface area contributed by atoms with Gasteiger partial charge in [-0.05, 0) is 12.1 Å². The summed E-state index contributed by atoms with van der Waals surface area (Å²) in [7, 11) is 0. The number of carbonyl (C=O) groups is 2. The van der Waals surface area contributed by atoms with Crippen molar-refractivity contribution in [1.82, 2.24) is 15.3 Å². The number of hydrogen-bond acceptors (Lipinski definition) is 7. The fourth-order valence-electron chi connectivity index (χ4n) is 1.95. The first-order valence-corrected chi connectivity index (χ1v) is 7.74. The summed E-state index contributed by atoms with van der Waals surface area (Å²) in [6.45, 7) is 1.20. The average molecular weight is 335 g/mol. The molecule has 0 saturated carbocycles. The third-order valence-electron chi connectivity index (χ3n) is 3.03. The molecule has 1 amide bonds. The molecule has 9 heteroatoms. The molecule has 0 unspecified atom stereocenters. The molecular formula is C14H13N3O5S. The van der Waals surface area contributed by atoms with E-state index in [9.17, 15) is 9.59 Å². The molecule has 0 atom stereocenters. The number of rotatable bonds is 5. The van der Waals surface area contributed by atoms with Gasteiger partial charge in [0.15, 0.2) is 11.4 Å². The van der Waals surface area contributed by atoms with E-state index in [0.717, 1.165) is 0 Å². The van der Waals surface area contributed by atoms with Crippen LogP contribution in [0, 0.1) is 0 Å². The zero-order valence-electron chi connectivity index (χ0n) is 11.9. The van der Waals surface area contributed by atoms with E-state index in [1.165, 1.54) is 16.7 Å². The Morgan fingerprint density at radius 1 is 1.22 bits per heavy atom. The lowest BCUT2D eigenvalue weighted by atomic mass is 10.3. The molecule has 2 aromatic heterocycles. The van der Waals surface area contributed by atoms with Gasteiger partial charge < -0.3 is 19.9 Å². The van der Waals surface area contributed by atoms with Crippen molar-refractivity contribution < 1.29 is 24.2 Å². The minimum atomic E-state index is -1.06. The van der Waals surface area contributed by atoms with Crippen LogP contribution in [0.25, 0.3) is 0 Å². The van der Waals surface area contributed by atoms with Crippen LogP contribution in [0.2, 0.25) is 0 Å². The summed E-state index contributed by atoms with van der Waals surface area (Å²) in [6.07, 6.45) is 0.453. The van der Waals surface area contributed by atoms with Gasteiger partial charge in [-0.2, -0.15) is 0 Å². The third kappa shape index (κ3) is 3.57. The highest BCUT2D eigenvalue weighted by Gasteiger charge is 2.16. The number of fused-ring (bicyclic) bond motifs is 1. The van der Waals surface area contributed by atoms with Gasteiger partial charge in [0.05, 0.1) is 5.01 Å². The van der Waals surface area contributed by atoms with E-state index in [-0.39, 0.29) is 17.3 Å². The summed E-state index contributed by atoms with van der Waals surface area (Å²) in [5.74, 6) is -0.555. The first-order chi connectivity index (χ1) is 11.1. The molecule has 120 valence electrons. The minimum absolute atomic E-state index is 0.0184. The predicted molar refractivity (Wildman–Crippen MR) is 80.3 cm³/mol. The summed E-state index contributed by atoms with van der Waals surface area (Å²) in [5, 5.41) is 13.6. The van der Waals surface area contributed by atoms with Gasteiger partial charge in [0.2, 0.25) is 0 Å². The van der Waals surface area contributed by atoms with Gasteiger partial charge in [-0.15, -0.1) is 11.3 Å². The number of amides is 1. The van der Waals surface area contributed by atoms with Crippen molar-refractivity contribution in [2.45, 2.75) is 6.42 Å². The van der Waals surface area contributed by atoms with E-state index in [2.05, 4.69) is 15.3 Å². The van der Waals surface area contributed by atoms with Crippen molar-refractivity contribution in [3.8, 4) is 11.6 Å². The number of hydrogen-bond donors (Lipinski definition) is 2. The fraction of sp³-hybridized carbons (Fsp3) is 0.286. The molecule has 0 aliphatic carbocycles. The number of nitrogens with one attached hydrogen (secondary N) is 1. The Balaban J connectivity index is 1.55. The number of pyridine rings is 1. The van der Waals surface area contributed by atoms with E-state index in [0.29, 0.717) is 42.8 Å². The lowest BCUT2D eigenvalue weighted by molar-refractivity contribution is 0.0690. The normalized spacial score (nSPS) is 12.7. The van der Waals surface area contributed by atoms with Crippen molar-refractivity contribution in [3.05, 3.63) is 33.9 Å². The van der Waals surface area contributed by atoms with E-state index < -0.39 is 5.97 Å². The molecule has 1 aliphatic heterocycles. The number of aromatic nitrogens is 2. The van der Waals surface area contributed by atoms with Crippen LogP contribution in [-0.4, -0.2) is 46.7 Å². The van der Waals surface area contributed by atoms with Crippen LogP contribution in [0.1, 0.15) is 26.0 Å². The van der Waals surface area contributed by atoms with Crippen LogP contribution in [0.3, 0.4) is 0 Å². The highest BCUT2D eigenvalue weighted by molar-refractivity contribution is 7.09. The van der Waals surface area contributed by atoms with Crippen LogP contribution >= 0.6 is 11.3 Å². The maximum absolute atomic E-state index is 12.1. The second-order valence-electron chi connectivity index (χ2n) is 4.63. The lowest BCUT2D eigenvalue weighted by Gasteiger charge is -2.17. The van der Waals surface area contributed by atoms with Gasteiger partial charge in [0, 0.05) is 18.3 Å². The summed E-state index contributed by atoms with van der Waals surface area (Å²) < 4.78 is 10.7. The molecule has 3 rings (SSSR count). The van der Waals surface area contributed by atoms with Crippen LogP contribution in [-0.2, 0) is 6.42 Å². The van der Waals surface area contributed by atoms with Crippen molar-refractivity contribution in [3.63, 3.8) is 0 Å². The van der Waals surface area contributed by atoms with Crippen molar-refractivity contribution in [2.75, 3.05) is 19.8 Å². The third-order valence-corrected chi connectivity index (χ3v) is 3.94. The number of ether oxygens (including phenoxy) is 2. The Labute approximate surface area is 135 Å². The number of aromatic carboxylic acids is 1. The standard InChI is InChI=1S/C14H13N3O5S/c18-12(8-1-2-10-13(17-8)22-6-5-21-10)15-4-3-11-16-9(7-23-11)14(19)20/h1-2,7H,3-6H2,(H,15,18)(H,19,20). The molecule has 0 spiro atoms. The van der Waals surface area contributed by atoms with Gasteiger partial charge in [0.1, 0.15) is 18.9 Å². The maximum Gasteiger partial charge on any atom is 0.355 e. The van der Waals surface area contributed by atoms with Crippen LogP contribution in [0.15, 0.2) is 17.5 Å². The molecule has 2 N–H and O–H groups in total. The molecule has 0 radical (unpaired) electrons. The first-order valence-electron chi connectivity index (χ1n) is 6.86. The molecule has 0 saturated heterocycles. The molecule has 0 aromatic carbocycles. The van der Waals surface area contributed by atoms with Crippen molar-refractivity contribution in [1.29, 1.82) is 0 Å². The Hall–Kier alpha value is -2.68. The quantitative estimate of drug-likeness (QED) is 0.838. The number of carbonyl (C=O) groups excluding carboxylic acids is 1. The molecule has 0 fully saturated rings. The molecule has 2 aromatic rings. The van der Waals surface area contributed by atoms with Gasteiger partial charge in [-0.1, -0.05) is 0 Å². The second-order valence-corrected chi connectivity index (χ2v) is 5.58. The minimum Gasteiger partial charge on any atom is -0.484 e. The summed E-state index contributed by atoms with van der Waals surface area (Å²) in [4.78, 5) is 30.9. The largest absolute Gasteiger partial charge is 0.484 e. The van der Waals surface area contributed by atoms with Crippen LogP contribution in [0.4, 0.5) is 0 Å². The topological polar surface area (TPSA) is 111 Å². The first kappa shape index (κ1) is 15.2. The van der Waals surface area contributed by atoms with E-state index in [4.69, 9.17) is 14.6 Å². The molecule has 23 heavy (non-hydrogen) atoms. The lowest BCUT2D eigenvalue weighted by Crippen LogP contribution is -2.27. The smallest absolute Gasteiger partial charge is 0.355 e. The van der Waals surface area contributed by atoms with E-state index in [1.807, 2.05) is 0 Å².